The Morgan fingerprint density at radius 2 is 2.14 bits per heavy atom. The number of nitrogens with one attached hydrogen (secondary N) is 3. The molecule has 0 radical (unpaired) electrons. The number of anilines is 2. The van der Waals surface area contributed by atoms with Gasteiger partial charge in [-0.1, -0.05) is 24.6 Å². The second kappa shape index (κ2) is 9.91. The molecule has 29 heavy (non-hydrogen) atoms. The third-order valence-corrected chi connectivity index (χ3v) is 6.43. The Labute approximate surface area is 176 Å². The van der Waals surface area contributed by atoms with Gasteiger partial charge < -0.3 is 21.7 Å². The molecule has 0 amide bonds. The predicted octanol–water partition coefficient (Wildman–Crippen LogP) is 2.64. The maximum Gasteiger partial charge on any atom is 0.132 e. The number of thioether (sulfide) groups is 1. The second-order valence-electron chi connectivity index (χ2n) is 7.13. The van der Waals surface area contributed by atoms with Crippen LogP contribution in [0.25, 0.3) is 11.0 Å². The van der Waals surface area contributed by atoms with Crippen LogP contribution in [0, 0.1) is 11.3 Å². The lowest BCUT2D eigenvalue weighted by atomic mass is 10.1. The first-order valence-corrected chi connectivity index (χ1v) is 10.7. The van der Waals surface area contributed by atoms with Gasteiger partial charge in [0.15, 0.2) is 0 Å². The van der Waals surface area contributed by atoms with Gasteiger partial charge in [-0.15, -0.1) is 0 Å². The highest BCUT2D eigenvalue weighted by Gasteiger charge is 2.22. The number of aromatic nitrogens is 2. The van der Waals surface area contributed by atoms with Crippen molar-refractivity contribution in [1.29, 1.82) is 5.41 Å². The van der Waals surface area contributed by atoms with E-state index in [-0.39, 0.29) is 5.50 Å². The summed E-state index contributed by atoms with van der Waals surface area (Å²) in [6.45, 7) is 0.341. The lowest BCUT2D eigenvalue weighted by Crippen LogP contribution is -2.32. The van der Waals surface area contributed by atoms with Crippen molar-refractivity contribution in [1.82, 2.24) is 15.3 Å². The highest BCUT2D eigenvalue weighted by molar-refractivity contribution is 8.14. The largest absolute Gasteiger partial charge is 0.403 e. The second-order valence-corrected chi connectivity index (χ2v) is 8.27. The van der Waals surface area contributed by atoms with Crippen molar-refractivity contribution in [2.75, 3.05) is 30.9 Å². The Morgan fingerprint density at radius 3 is 2.79 bits per heavy atom. The van der Waals surface area contributed by atoms with Gasteiger partial charge in [-0.2, -0.15) is 0 Å². The Hall–Kier alpha value is -2.36. The molecule has 7 N–H and O–H groups in total. The van der Waals surface area contributed by atoms with Crippen molar-refractivity contribution in [3.63, 3.8) is 0 Å². The highest BCUT2D eigenvalue weighted by atomic mass is 32.2. The zero-order valence-corrected chi connectivity index (χ0v) is 17.8. The van der Waals surface area contributed by atoms with Gasteiger partial charge >= 0.3 is 0 Å². The summed E-state index contributed by atoms with van der Waals surface area (Å²) < 4.78 is 0. The molecule has 1 saturated carbocycles. The minimum absolute atomic E-state index is 0.115. The standard InChI is InChI=1S/C20H30N8S/c1-24-20(29-19(23)13-5-3-4-6-13)27-18-8-7-16-17(26-18)9-14(12-25-16)28(2)15(10-21)11-22/h7-10,12-13,20,23-24H,3-6,11,21-22H2,1-2H3,(H,26,27)/b15-10+,23-19?. The molecular formula is C20H30N8S. The summed E-state index contributed by atoms with van der Waals surface area (Å²) in [5.74, 6) is 1.13. The molecule has 3 rings (SSSR count). The average molecular weight is 415 g/mol. The molecule has 156 valence electrons. The molecule has 2 aromatic rings. The molecule has 1 atom stereocenters. The fourth-order valence-electron chi connectivity index (χ4n) is 3.45. The van der Waals surface area contributed by atoms with Crippen LogP contribution in [0.4, 0.5) is 11.5 Å². The van der Waals surface area contributed by atoms with Gasteiger partial charge in [0.1, 0.15) is 11.3 Å². The number of pyridine rings is 2. The van der Waals surface area contributed by atoms with E-state index in [1.807, 2.05) is 37.2 Å². The molecule has 9 heteroatoms. The zero-order chi connectivity index (χ0) is 20.8. The molecular weight excluding hydrogens is 384 g/mol. The van der Waals surface area contributed by atoms with Crippen molar-refractivity contribution in [3.8, 4) is 0 Å². The molecule has 1 unspecified atom stereocenters. The number of nitrogens with two attached hydrogens (primary N) is 2. The van der Waals surface area contributed by atoms with E-state index in [1.54, 1.807) is 6.20 Å². The van der Waals surface area contributed by atoms with Crippen LogP contribution in [0.1, 0.15) is 25.7 Å². The quantitative estimate of drug-likeness (QED) is 0.253. The summed E-state index contributed by atoms with van der Waals surface area (Å²) in [6.07, 6.45) is 8.00. The minimum Gasteiger partial charge on any atom is -0.403 e. The van der Waals surface area contributed by atoms with Gasteiger partial charge in [0.2, 0.25) is 0 Å². The number of hydrogen-bond acceptors (Lipinski definition) is 9. The lowest BCUT2D eigenvalue weighted by Gasteiger charge is -2.22. The molecule has 2 heterocycles. The molecule has 0 bridgehead atoms. The monoisotopic (exact) mass is 414 g/mol. The van der Waals surface area contributed by atoms with Crippen LogP contribution in [0.3, 0.4) is 0 Å². The normalized spacial score (nSPS) is 16.2. The topological polar surface area (TPSA) is 129 Å². The van der Waals surface area contributed by atoms with Gasteiger partial charge in [0.05, 0.1) is 28.0 Å². The molecule has 2 aromatic heterocycles. The number of likely N-dealkylation sites (N-methyl/N-ethyl adjacent to an activating group) is 1. The molecule has 0 saturated heterocycles. The third-order valence-electron chi connectivity index (χ3n) is 5.25. The summed E-state index contributed by atoms with van der Waals surface area (Å²) in [5, 5.41) is 15.7. The van der Waals surface area contributed by atoms with Crippen molar-refractivity contribution >= 4 is 39.3 Å². The van der Waals surface area contributed by atoms with E-state index in [4.69, 9.17) is 21.9 Å². The smallest absolute Gasteiger partial charge is 0.132 e. The Morgan fingerprint density at radius 1 is 1.38 bits per heavy atom. The molecule has 1 fully saturated rings. The van der Waals surface area contributed by atoms with E-state index in [9.17, 15) is 0 Å². The van der Waals surface area contributed by atoms with Crippen LogP contribution in [-0.2, 0) is 0 Å². The fourth-order valence-corrected chi connectivity index (χ4v) is 4.43. The SMILES string of the molecule is CNC(Nc1ccc2ncc(N(C)/C(=C/N)CN)cc2n1)SC(=N)C1CCCC1. The maximum absolute atomic E-state index is 8.39. The Kier molecular flexibility index (Phi) is 7.29. The van der Waals surface area contributed by atoms with Gasteiger partial charge in [0.25, 0.3) is 0 Å². The summed E-state index contributed by atoms with van der Waals surface area (Å²) in [4.78, 5) is 11.1. The van der Waals surface area contributed by atoms with E-state index in [0.717, 1.165) is 46.1 Å². The van der Waals surface area contributed by atoms with E-state index in [0.29, 0.717) is 12.5 Å². The predicted molar refractivity (Wildman–Crippen MR) is 123 cm³/mol. The molecule has 8 nitrogen and oxygen atoms in total. The summed E-state index contributed by atoms with van der Waals surface area (Å²) in [5.41, 5.74) is 14.6. The van der Waals surface area contributed by atoms with Gasteiger partial charge in [-0.05, 0) is 38.1 Å². The summed E-state index contributed by atoms with van der Waals surface area (Å²) in [7, 11) is 3.79. The minimum atomic E-state index is -0.115. The first-order valence-electron chi connectivity index (χ1n) is 9.86. The van der Waals surface area contributed by atoms with E-state index in [1.165, 1.54) is 30.8 Å². The van der Waals surface area contributed by atoms with Gasteiger partial charge in [0, 0.05) is 31.4 Å². The van der Waals surface area contributed by atoms with Crippen LogP contribution >= 0.6 is 11.8 Å². The third kappa shape index (κ3) is 5.17. The van der Waals surface area contributed by atoms with Crippen LogP contribution in [0.5, 0.6) is 0 Å². The average Bonchev–Trinajstić information content (AvgIpc) is 3.28. The molecule has 1 aliphatic rings. The van der Waals surface area contributed by atoms with E-state index in [2.05, 4.69) is 15.6 Å². The Bertz CT molecular complexity index is 878. The van der Waals surface area contributed by atoms with E-state index < -0.39 is 0 Å². The van der Waals surface area contributed by atoms with E-state index >= 15 is 0 Å². The number of nitrogens with zero attached hydrogens (tertiary/aromatic N) is 3. The summed E-state index contributed by atoms with van der Waals surface area (Å²) in [6, 6.07) is 5.82. The number of fused-ring (bicyclic) bond motifs is 1. The lowest BCUT2D eigenvalue weighted by molar-refractivity contribution is 0.734. The number of rotatable bonds is 8. The van der Waals surface area contributed by atoms with Crippen molar-refractivity contribution in [3.05, 3.63) is 36.3 Å². The first-order chi connectivity index (χ1) is 14.0. The van der Waals surface area contributed by atoms with Gasteiger partial charge in [-0.3, -0.25) is 15.7 Å². The Balaban J connectivity index is 1.75. The maximum atomic E-state index is 8.39. The zero-order valence-electron chi connectivity index (χ0n) is 17.0. The van der Waals surface area contributed by atoms with Crippen LogP contribution < -0.4 is 27.0 Å². The van der Waals surface area contributed by atoms with Crippen molar-refractivity contribution in [2.24, 2.45) is 17.4 Å². The van der Waals surface area contributed by atoms with Crippen LogP contribution in [0.15, 0.2) is 36.3 Å². The van der Waals surface area contributed by atoms with Crippen LogP contribution in [-0.4, -0.2) is 41.1 Å². The van der Waals surface area contributed by atoms with Crippen molar-refractivity contribution in [2.45, 2.75) is 31.2 Å². The molecule has 0 spiro atoms. The van der Waals surface area contributed by atoms with Crippen LogP contribution in [0.2, 0.25) is 0 Å². The first kappa shape index (κ1) is 21.4. The fraction of sp³-hybridized carbons (Fsp3) is 0.450. The highest BCUT2D eigenvalue weighted by Crippen LogP contribution is 2.31. The summed E-state index contributed by atoms with van der Waals surface area (Å²) >= 11 is 1.52. The molecule has 1 aliphatic carbocycles. The number of hydrogen-bond donors (Lipinski definition) is 5. The molecule has 0 aliphatic heterocycles. The molecule has 0 aromatic carbocycles. The van der Waals surface area contributed by atoms with Crippen molar-refractivity contribution < 1.29 is 0 Å². The van der Waals surface area contributed by atoms with Gasteiger partial charge in [-0.25, -0.2) is 4.98 Å².